The Morgan fingerprint density at radius 3 is 2.48 bits per heavy atom. The second-order valence-corrected chi connectivity index (χ2v) is 6.37. The third kappa shape index (κ3) is 3.93. The van der Waals surface area contributed by atoms with E-state index in [4.69, 9.17) is 5.10 Å². The van der Waals surface area contributed by atoms with Crippen molar-refractivity contribution in [1.29, 1.82) is 0 Å². The van der Waals surface area contributed by atoms with Gasteiger partial charge in [0.1, 0.15) is 0 Å². The smallest absolute Gasteiger partial charge is 0.0699 e. The SMILES string of the molecule is CC(C)c1nn(-c2ccccc2)cc1CNC(C)(C)CO. The monoisotopic (exact) mass is 287 g/mol. The predicted molar refractivity (Wildman–Crippen MR) is 85.7 cm³/mol. The first-order valence-corrected chi connectivity index (χ1v) is 7.43. The molecular weight excluding hydrogens is 262 g/mol. The van der Waals surface area contributed by atoms with E-state index in [1.54, 1.807) is 0 Å². The molecule has 1 heterocycles. The second-order valence-electron chi connectivity index (χ2n) is 6.37. The van der Waals surface area contributed by atoms with Gasteiger partial charge in [0.05, 0.1) is 18.0 Å². The van der Waals surface area contributed by atoms with Crippen LogP contribution in [0, 0.1) is 0 Å². The zero-order valence-corrected chi connectivity index (χ0v) is 13.3. The van der Waals surface area contributed by atoms with E-state index in [0.717, 1.165) is 11.4 Å². The molecule has 2 N–H and O–H groups in total. The van der Waals surface area contributed by atoms with E-state index in [9.17, 15) is 5.11 Å². The van der Waals surface area contributed by atoms with Crippen LogP contribution in [0.15, 0.2) is 36.5 Å². The zero-order valence-electron chi connectivity index (χ0n) is 13.3. The predicted octanol–water partition coefficient (Wildman–Crippen LogP) is 2.86. The van der Waals surface area contributed by atoms with Crippen LogP contribution in [-0.4, -0.2) is 27.0 Å². The maximum atomic E-state index is 9.35. The summed E-state index contributed by atoms with van der Waals surface area (Å²) in [6, 6.07) is 10.1. The first-order chi connectivity index (χ1) is 9.93. The van der Waals surface area contributed by atoms with Gasteiger partial charge in [0.15, 0.2) is 0 Å². The molecule has 0 fully saturated rings. The van der Waals surface area contributed by atoms with Gasteiger partial charge in [-0.25, -0.2) is 4.68 Å². The molecule has 0 aliphatic rings. The molecule has 2 aromatic rings. The quantitative estimate of drug-likeness (QED) is 0.859. The summed E-state index contributed by atoms with van der Waals surface area (Å²) in [6.07, 6.45) is 2.07. The van der Waals surface area contributed by atoms with Crippen molar-refractivity contribution < 1.29 is 5.11 Å². The molecule has 4 nitrogen and oxygen atoms in total. The topological polar surface area (TPSA) is 50.1 Å². The number of para-hydroxylation sites is 1. The van der Waals surface area contributed by atoms with Gasteiger partial charge >= 0.3 is 0 Å². The molecule has 0 saturated carbocycles. The molecule has 0 atom stereocenters. The Labute approximate surface area is 126 Å². The van der Waals surface area contributed by atoms with Crippen molar-refractivity contribution >= 4 is 0 Å². The Hall–Kier alpha value is -1.65. The minimum atomic E-state index is -0.289. The zero-order chi connectivity index (χ0) is 15.5. The molecule has 0 saturated heterocycles. The lowest BCUT2D eigenvalue weighted by Gasteiger charge is -2.23. The standard InChI is InChI=1S/C17H25N3O/c1-13(2)16-14(10-18-17(3,4)12-21)11-20(19-16)15-8-6-5-7-9-15/h5-9,11,13,18,21H,10,12H2,1-4H3. The highest BCUT2D eigenvalue weighted by Crippen LogP contribution is 2.20. The summed E-state index contributed by atoms with van der Waals surface area (Å²) in [4.78, 5) is 0. The normalized spacial score (nSPS) is 12.1. The van der Waals surface area contributed by atoms with Crippen LogP contribution in [0.1, 0.15) is 44.9 Å². The summed E-state index contributed by atoms with van der Waals surface area (Å²) in [6.45, 7) is 9.09. The number of aliphatic hydroxyl groups is 1. The van der Waals surface area contributed by atoms with E-state index < -0.39 is 0 Å². The van der Waals surface area contributed by atoms with E-state index in [2.05, 4.69) is 25.4 Å². The minimum Gasteiger partial charge on any atom is -0.394 e. The molecule has 21 heavy (non-hydrogen) atoms. The van der Waals surface area contributed by atoms with E-state index in [1.165, 1.54) is 5.56 Å². The van der Waals surface area contributed by atoms with Gasteiger partial charge < -0.3 is 10.4 Å². The van der Waals surface area contributed by atoms with Crippen LogP contribution in [0.5, 0.6) is 0 Å². The fourth-order valence-corrected chi connectivity index (χ4v) is 2.15. The van der Waals surface area contributed by atoms with E-state index in [1.807, 2.05) is 48.9 Å². The molecule has 0 aliphatic heterocycles. The second kappa shape index (κ2) is 6.41. The molecule has 2 rings (SSSR count). The highest BCUT2D eigenvalue weighted by Gasteiger charge is 2.18. The third-order valence-corrected chi connectivity index (χ3v) is 3.54. The summed E-state index contributed by atoms with van der Waals surface area (Å²) in [5, 5.41) is 17.5. The molecule has 0 unspecified atom stereocenters. The van der Waals surface area contributed by atoms with Gasteiger partial charge in [-0.2, -0.15) is 5.10 Å². The van der Waals surface area contributed by atoms with Crippen LogP contribution in [0.4, 0.5) is 0 Å². The third-order valence-electron chi connectivity index (χ3n) is 3.54. The number of rotatable bonds is 6. The van der Waals surface area contributed by atoms with Crippen LogP contribution < -0.4 is 5.32 Å². The Bertz CT molecular complexity index is 573. The molecule has 0 radical (unpaired) electrons. The Morgan fingerprint density at radius 2 is 1.90 bits per heavy atom. The molecular formula is C17H25N3O. The van der Waals surface area contributed by atoms with Crippen LogP contribution in [0.25, 0.3) is 5.69 Å². The van der Waals surface area contributed by atoms with Gasteiger partial charge in [-0.15, -0.1) is 0 Å². The van der Waals surface area contributed by atoms with Crippen molar-refractivity contribution in [3.05, 3.63) is 47.8 Å². The van der Waals surface area contributed by atoms with Gasteiger partial charge in [-0.3, -0.25) is 0 Å². The highest BCUT2D eigenvalue weighted by atomic mass is 16.3. The van der Waals surface area contributed by atoms with Crippen molar-refractivity contribution in [1.82, 2.24) is 15.1 Å². The van der Waals surface area contributed by atoms with Crippen molar-refractivity contribution in [3.8, 4) is 5.69 Å². The average molecular weight is 287 g/mol. The number of hydrogen-bond acceptors (Lipinski definition) is 3. The largest absolute Gasteiger partial charge is 0.394 e. The van der Waals surface area contributed by atoms with Crippen LogP contribution in [0.3, 0.4) is 0 Å². The molecule has 114 valence electrons. The van der Waals surface area contributed by atoms with Crippen molar-refractivity contribution in [2.24, 2.45) is 0 Å². The number of nitrogens with zero attached hydrogens (tertiary/aromatic N) is 2. The Kier molecular flexibility index (Phi) is 4.80. The van der Waals surface area contributed by atoms with Crippen molar-refractivity contribution in [2.45, 2.75) is 45.7 Å². The number of benzene rings is 1. The maximum Gasteiger partial charge on any atom is 0.0699 e. The average Bonchev–Trinajstić information content (AvgIpc) is 2.91. The summed E-state index contributed by atoms with van der Waals surface area (Å²) in [5.41, 5.74) is 3.05. The van der Waals surface area contributed by atoms with Crippen LogP contribution in [-0.2, 0) is 6.54 Å². The van der Waals surface area contributed by atoms with Gasteiger partial charge in [0.25, 0.3) is 0 Å². The van der Waals surface area contributed by atoms with Gasteiger partial charge in [0, 0.05) is 23.8 Å². The summed E-state index contributed by atoms with van der Waals surface area (Å²) in [5.74, 6) is 0.365. The number of nitrogens with one attached hydrogen (secondary N) is 1. The Balaban J connectivity index is 2.26. The molecule has 0 aliphatic carbocycles. The minimum absolute atomic E-state index is 0.108. The first kappa shape index (κ1) is 15.7. The highest BCUT2D eigenvalue weighted by molar-refractivity contribution is 5.33. The lowest BCUT2D eigenvalue weighted by Crippen LogP contribution is -2.42. The first-order valence-electron chi connectivity index (χ1n) is 7.43. The number of aliphatic hydroxyl groups excluding tert-OH is 1. The van der Waals surface area contributed by atoms with Gasteiger partial charge in [-0.1, -0.05) is 32.0 Å². The van der Waals surface area contributed by atoms with E-state index in [0.29, 0.717) is 12.5 Å². The lowest BCUT2D eigenvalue weighted by molar-refractivity contribution is 0.187. The van der Waals surface area contributed by atoms with Gasteiger partial charge in [0.2, 0.25) is 0 Å². The molecule has 1 aromatic carbocycles. The molecule has 4 heteroatoms. The number of aromatic nitrogens is 2. The van der Waals surface area contributed by atoms with Crippen LogP contribution >= 0.6 is 0 Å². The summed E-state index contributed by atoms with van der Waals surface area (Å²) in [7, 11) is 0. The Morgan fingerprint density at radius 1 is 1.24 bits per heavy atom. The summed E-state index contributed by atoms with van der Waals surface area (Å²) >= 11 is 0. The molecule has 0 bridgehead atoms. The van der Waals surface area contributed by atoms with Crippen LogP contribution in [0.2, 0.25) is 0 Å². The summed E-state index contributed by atoms with van der Waals surface area (Å²) < 4.78 is 1.93. The molecule has 0 amide bonds. The number of hydrogen-bond donors (Lipinski definition) is 2. The lowest BCUT2D eigenvalue weighted by atomic mass is 10.0. The fourth-order valence-electron chi connectivity index (χ4n) is 2.15. The fraction of sp³-hybridized carbons (Fsp3) is 0.471. The van der Waals surface area contributed by atoms with Crippen molar-refractivity contribution in [3.63, 3.8) is 0 Å². The maximum absolute atomic E-state index is 9.35. The van der Waals surface area contributed by atoms with Gasteiger partial charge in [-0.05, 0) is 31.9 Å². The van der Waals surface area contributed by atoms with Crippen molar-refractivity contribution in [2.75, 3.05) is 6.61 Å². The van der Waals surface area contributed by atoms with E-state index >= 15 is 0 Å². The molecule has 0 spiro atoms. The van der Waals surface area contributed by atoms with E-state index in [-0.39, 0.29) is 12.1 Å². The molecule has 1 aromatic heterocycles.